The van der Waals surface area contributed by atoms with Crippen LogP contribution in [0.1, 0.15) is 41.0 Å². The molecule has 3 N–H and O–H groups in total. The Balaban J connectivity index is 1.70. The minimum Gasteiger partial charge on any atom is -0.340 e. The zero-order valence-electron chi connectivity index (χ0n) is 18.3. The third-order valence-electron chi connectivity index (χ3n) is 5.22. The Morgan fingerprint density at radius 2 is 1.48 bits per heavy atom. The molecule has 0 spiro atoms. The van der Waals surface area contributed by atoms with Crippen molar-refractivity contribution in [1.29, 1.82) is 0 Å². The molecule has 0 saturated heterocycles. The van der Waals surface area contributed by atoms with Crippen LogP contribution in [0.25, 0.3) is 0 Å². The van der Waals surface area contributed by atoms with Crippen LogP contribution in [0.5, 0.6) is 0 Å². The summed E-state index contributed by atoms with van der Waals surface area (Å²) in [5, 5.41) is 8.98. The molecule has 0 fully saturated rings. The fourth-order valence-corrected chi connectivity index (χ4v) is 3.26. The van der Waals surface area contributed by atoms with Gasteiger partial charge in [0.1, 0.15) is 6.04 Å². The van der Waals surface area contributed by atoms with Crippen molar-refractivity contribution < 1.29 is 14.4 Å². The Hall–Kier alpha value is -3.71. The minimum absolute atomic E-state index is 0.101. The van der Waals surface area contributed by atoms with E-state index in [4.69, 9.17) is 11.6 Å². The van der Waals surface area contributed by atoms with Gasteiger partial charge in [0, 0.05) is 39.9 Å². The third-order valence-corrected chi connectivity index (χ3v) is 5.47. The lowest BCUT2D eigenvalue weighted by atomic mass is 9.97. The van der Waals surface area contributed by atoms with Crippen molar-refractivity contribution in [2.75, 3.05) is 10.6 Å². The molecule has 3 amide bonds. The van der Waals surface area contributed by atoms with E-state index < -0.39 is 6.04 Å². The van der Waals surface area contributed by atoms with E-state index in [0.717, 1.165) is 0 Å². The number of rotatable bonds is 8. The Morgan fingerprint density at radius 1 is 0.879 bits per heavy atom. The van der Waals surface area contributed by atoms with Gasteiger partial charge < -0.3 is 16.0 Å². The van der Waals surface area contributed by atoms with Gasteiger partial charge in [-0.25, -0.2) is 0 Å². The summed E-state index contributed by atoms with van der Waals surface area (Å²) in [6.45, 7) is 3.85. The van der Waals surface area contributed by atoms with Crippen LogP contribution in [0.2, 0.25) is 5.02 Å². The monoisotopic (exact) mass is 464 g/mol. The molecule has 0 bridgehead atoms. The van der Waals surface area contributed by atoms with Crippen LogP contribution in [0.3, 0.4) is 0 Å². The van der Waals surface area contributed by atoms with Gasteiger partial charge in [-0.2, -0.15) is 0 Å². The topological polar surface area (TPSA) is 100 Å². The number of aromatic nitrogens is 1. The fourth-order valence-electron chi connectivity index (χ4n) is 3.13. The number of hydrogen-bond acceptors (Lipinski definition) is 4. The van der Waals surface area contributed by atoms with Gasteiger partial charge in [0.2, 0.25) is 5.91 Å². The van der Waals surface area contributed by atoms with Crippen molar-refractivity contribution in [1.82, 2.24) is 10.3 Å². The van der Waals surface area contributed by atoms with Crippen molar-refractivity contribution in [2.45, 2.75) is 26.3 Å². The molecule has 7 nitrogen and oxygen atoms in total. The van der Waals surface area contributed by atoms with Gasteiger partial charge in [0.15, 0.2) is 0 Å². The lowest BCUT2D eigenvalue weighted by Crippen LogP contribution is -2.47. The first-order valence-electron chi connectivity index (χ1n) is 10.6. The Labute approximate surface area is 197 Å². The van der Waals surface area contributed by atoms with Gasteiger partial charge in [-0.15, -0.1) is 0 Å². The summed E-state index contributed by atoms with van der Waals surface area (Å²) in [5.74, 6) is -1.08. The maximum atomic E-state index is 13.0. The summed E-state index contributed by atoms with van der Waals surface area (Å²) in [5.41, 5.74) is 1.92. The summed E-state index contributed by atoms with van der Waals surface area (Å²) in [4.78, 5) is 42.0. The first-order valence-corrected chi connectivity index (χ1v) is 10.9. The van der Waals surface area contributed by atoms with E-state index >= 15 is 0 Å². The molecule has 0 aliphatic carbocycles. The van der Waals surface area contributed by atoms with E-state index in [9.17, 15) is 14.4 Å². The predicted molar refractivity (Wildman–Crippen MR) is 129 cm³/mol. The van der Waals surface area contributed by atoms with Crippen molar-refractivity contribution in [3.8, 4) is 0 Å². The maximum Gasteiger partial charge on any atom is 0.255 e. The van der Waals surface area contributed by atoms with Crippen LogP contribution in [0.15, 0.2) is 73.1 Å². The number of carbonyl (C=O) groups excluding carboxylic acids is 3. The number of hydrogen-bond donors (Lipinski definition) is 3. The van der Waals surface area contributed by atoms with E-state index in [0.29, 0.717) is 33.9 Å². The highest BCUT2D eigenvalue weighted by atomic mass is 35.5. The lowest BCUT2D eigenvalue weighted by molar-refractivity contribution is -0.119. The first-order chi connectivity index (χ1) is 15.9. The van der Waals surface area contributed by atoms with Crippen molar-refractivity contribution in [2.24, 2.45) is 5.92 Å². The Kier molecular flexibility index (Phi) is 8.16. The summed E-state index contributed by atoms with van der Waals surface area (Å²) in [6.07, 6.45) is 3.78. The largest absolute Gasteiger partial charge is 0.340 e. The molecule has 8 heteroatoms. The van der Waals surface area contributed by atoms with Crippen molar-refractivity contribution in [3.05, 3.63) is 89.2 Å². The van der Waals surface area contributed by atoms with E-state index in [2.05, 4.69) is 20.9 Å². The van der Waals surface area contributed by atoms with Crippen molar-refractivity contribution in [3.63, 3.8) is 0 Å². The highest BCUT2D eigenvalue weighted by molar-refractivity contribution is 6.30. The quantitative estimate of drug-likeness (QED) is 0.447. The Bertz CT molecular complexity index is 1120. The number of halogens is 1. The number of nitrogens with zero attached hydrogens (tertiary/aromatic N) is 1. The Morgan fingerprint density at radius 3 is 2.12 bits per heavy atom. The van der Waals surface area contributed by atoms with Gasteiger partial charge in [0.05, 0.1) is 0 Å². The molecule has 3 rings (SSSR count). The van der Waals surface area contributed by atoms with Crippen LogP contribution in [-0.4, -0.2) is 28.7 Å². The van der Waals surface area contributed by atoms with Gasteiger partial charge in [0.25, 0.3) is 11.8 Å². The molecular formula is C25H25ClN4O3. The molecule has 0 aliphatic rings. The smallest absolute Gasteiger partial charge is 0.255 e. The summed E-state index contributed by atoms with van der Waals surface area (Å²) < 4.78 is 0. The molecule has 33 heavy (non-hydrogen) atoms. The zero-order valence-corrected chi connectivity index (χ0v) is 19.1. The highest BCUT2D eigenvalue weighted by Crippen LogP contribution is 2.18. The maximum absolute atomic E-state index is 13.0. The number of carbonyl (C=O) groups is 3. The fraction of sp³-hybridized carbons (Fsp3) is 0.200. The average molecular weight is 465 g/mol. The number of amides is 3. The molecule has 3 aromatic rings. The SMILES string of the molecule is CCC(C)C(NC(=O)c1ccc(Cl)cc1)C(=O)Nc1cccc(NC(=O)c2ccncc2)c1. The number of pyridine rings is 1. The van der Waals surface area contributed by atoms with E-state index in [1.807, 2.05) is 13.8 Å². The van der Waals surface area contributed by atoms with Crippen molar-refractivity contribution >= 4 is 40.7 Å². The molecule has 1 aromatic heterocycles. The van der Waals surface area contributed by atoms with Crippen LogP contribution >= 0.6 is 11.6 Å². The molecule has 0 aliphatic heterocycles. The number of anilines is 2. The standard InChI is InChI=1S/C25H25ClN4O3/c1-3-16(2)22(30-24(32)17-7-9-19(26)10-8-17)25(33)29-21-6-4-5-20(15-21)28-23(31)18-11-13-27-14-12-18/h4-16,22H,3H2,1-2H3,(H,28,31)(H,29,33)(H,30,32). The molecule has 2 atom stereocenters. The van der Waals surface area contributed by atoms with Crippen LogP contribution in [0, 0.1) is 5.92 Å². The second kappa shape index (κ2) is 11.2. The second-order valence-corrected chi connectivity index (χ2v) is 8.04. The van der Waals surface area contributed by atoms with Crippen LogP contribution in [0.4, 0.5) is 11.4 Å². The molecule has 2 unspecified atom stereocenters. The summed E-state index contributed by atoms with van der Waals surface area (Å²) in [7, 11) is 0. The molecule has 1 heterocycles. The normalized spacial score (nSPS) is 12.3. The molecule has 0 saturated carbocycles. The molecule has 2 aromatic carbocycles. The molecule has 0 radical (unpaired) electrons. The van der Waals surface area contributed by atoms with E-state index in [1.165, 1.54) is 0 Å². The van der Waals surface area contributed by atoms with Gasteiger partial charge in [-0.3, -0.25) is 19.4 Å². The minimum atomic E-state index is -0.742. The average Bonchev–Trinajstić information content (AvgIpc) is 2.83. The summed E-state index contributed by atoms with van der Waals surface area (Å²) >= 11 is 5.89. The number of nitrogens with one attached hydrogen (secondary N) is 3. The first kappa shape index (κ1) is 23.9. The van der Waals surface area contributed by atoms with Crippen LogP contribution in [-0.2, 0) is 4.79 Å². The van der Waals surface area contributed by atoms with Gasteiger partial charge in [-0.05, 0) is 60.5 Å². The second-order valence-electron chi connectivity index (χ2n) is 7.60. The highest BCUT2D eigenvalue weighted by Gasteiger charge is 2.26. The van der Waals surface area contributed by atoms with E-state index in [-0.39, 0.29) is 23.6 Å². The molecular weight excluding hydrogens is 440 g/mol. The van der Waals surface area contributed by atoms with E-state index in [1.54, 1.807) is 73.1 Å². The zero-order chi connectivity index (χ0) is 23.8. The third kappa shape index (κ3) is 6.63. The van der Waals surface area contributed by atoms with Crippen LogP contribution < -0.4 is 16.0 Å². The van der Waals surface area contributed by atoms with Gasteiger partial charge >= 0.3 is 0 Å². The predicted octanol–water partition coefficient (Wildman–Crippen LogP) is 4.77. The molecule has 170 valence electrons. The van der Waals surface area contributed by atoms with Gasteiger partial charge in [-0.1, -0.05) is 37.9 Å². The number of benzene rings is 2. The lowest BCUT2D eigenvalue weighted by Gasteiger charge is -2.23. The summed E-state index contributed by atoms with van der Waals surface area (Å²) in [6, 6.07) is 15.8.